The number of amides is 1. The molecule has 0 fully saturated rings. The van der Waals surface area contributed by atoms with Crippen LogP contribution >= 0.6 is 11.6 Å². The number of anilines is 1. The average Bonchev–Trinajstić information content (AvgIpc) is 2.37. The number of nitrogens with two attached hydrogens (primary N) is 1. The summed E-state index contributed by atoms with van der Waals surface area (Å²) in [6, 6.07) is 3.06. The second-order valence-corrected chi connectivity index (χ2v) is 3.97. The van der Waals surface area contributed by atoms with Crippen molar-refractivity contribution in [2.45, 2.75) is 6.92 Å². The van der Waals surface area contributed by atoms with Crippen LogP contribution < -0.4 is 16.5 Å². The maximum atomic E-state index is 11.8. The third-order valence-corrected chi connectivity index (χ3v) is 2.43. The van der Waals surface area contributed by atoms with Gasteiger partial charge in [0.2, 0.25) is 5.91 Å². The zero-order chi connectivity index (χ0) is 14.0. The number of hydrazine groups is 1. The minimum absolute atomic E-state index is 0.184. The van der Waals surface area contributed by atoms with Gasteiger partial charge in [-0.1, -0.05) is 11.6 Å². The first-order chi connectivity index (χ1) is 8.99. The topological polar surface area (TPSA) is 107 Å². The van der Waals surface area contributed by atoms with Gasteiger partial charge in [0.05, 0.1) is 0 Å². The second-order valence-electron chi connectivity index (χ2n) is 3.53. The summed E-state index contributed by atoms with van der Waals surface area (Å²) in [5.74, 6) is 4.99. The van der Waals surface area contributed by atoms with Crippen LogP contribution in [0.5, 0.6) is 0 Å². The first-order valence-corrected chi connectivity index (χ1v) is 5.50. The minimum Gasteiger partial charge on any atom is -0.273 e. The Morgan fingerprint density at radius 1 is 1.47 bits per heavy atom. The fourth-order valence-corrected chi connectivity index (χ4v) is 1.42. The number of nitrogens with zero attached hydrogens (tertiary/aromatic N) is 5. The van der Waals surface area contributed by atoms with E-state index in [1.54, 1.807) is 6.07 Å². The quantitative estimate of drug-likeness (QED) is 0.468. The lowest BCUT2D eigenvalue weighted by Gasteiger charge is -2.11. The molecule has 9 heteroatoms. The number of pyridine rings is 1. The fourth-order valence-electron chi connectivity index (χ4n) is 1.27. The number of aromatic nitrogens is 4. The summed E-state index contributed by atoms with van der Waals surface area (Å²) in [5.41, 5.74) is -0.670. The fraction of sp³-hybridized carbons (Fsp3) is 0.100. The Labute approximate surface area is 112 Å². The molecule has 1 amide bonds. The average molecular weight is 281 g/mol. The number of hydrogen-bond donors (Lipinski definition) is 1. The standard InChI is InChI=1S/C10H9ClN6O2/c1-6(18)17(12)9-14-5-16(10(19)15-9)8-4-7(11)2-3-13-8/h2-5H,12H2,1H3. The summed E-state index contributed by atoms with van der Waals surface area (Å²) in [6.45, 7) is 1.23. The Balaban J connectivity index is 2.46. The molecule has 0 atom stereocenters. The van der Waals surface area contributed by atoms with Crippen LogP contribution in [0, 0.1) is 0 Å². The van der Waals surface area contributed by atoms with Gasteiger partial charge in [-0.05, 0) is 6.07 Å². The van der Waals surface area contributed by atoms with Gasteiger partial charge in [0.15, 0.2) is 0 Å². The minimum atomic E-state index is -0.670. The SMILES string of the molecule is CC(=O)N(N)c1ncn(-c2cc(Cl)ccn2)c(=O)n1. The van der Waals surface area contributed by atoms with Gasteiger partial charge in [0, 0.05) is 24.2 Å². The highest BCUT2D eigenvalue weighted by Crippen LogP contribution is 2.10. The molecule has 8 nitrogen and oxygen atoms in total. The highest BCUT2D eigenvalue weighted by molar-refractivity contribution is 6.30. The third kappa shape index (κ3) is 2.75. The molecule has 0 aliphatic carbocycles. The van der Waals surface area contributed by atoms with E-state index < -0.39 is 11.6 Å². The predicted octanol–water partition coefficient (Wildman–Crippen LogP) is -0.0975. The van der Waals surface area contributed by atoms with E-state index in [4.69, 9.17) is 17.4 Å². The molecule has 0 radical (unpaired) electrons. The molecule has 0 spiro atoms. The Morgan fingerprint density at radius 3 is 2.79 bits per heavy atom. The van der Waals surface area contributed by atoms with E-state index in [-0.39, 0.29) is 11.8 Å². The molecule has 2 aromatic heterocycles. The van der Waals surface area contributed by atoms with Gasteiger partial charge in [-0.3, -0.25) is 4.79 Å². The van der Waals surface area contributed by atoms with Crippen molar-refractivity contribution in [1.29, 1.82) is 0 Å². The predicted molar refractivity (Wildman–Crippen MR) is 67.8 cm³/mol. The van der Waals surface area contributed by atoms with E-state index in [1.807, 2.05) is 0 Å². The zero-order valence-electron chi connectivity index (χ0n) is 9.82. The van der Waals surface area contributed by atoms with Gasteiger partial charge in [0.25, 0.3) is 5.95 Å². The van der Waals surface area contributed by atoms with Crippen LogP contribution in [0.25, 0.3) is 5.82 Å². The molecule has 2 rings (SSSR count). The van der Waals surface area contributed by atoms with Gasteiger partial charge in [0.1, 0.15) is 12.1 Å². The Hall–Kier alpha value is -2.32. The molecule has 0 unspecified atom stereocenters. The van der Waals surface area contributed by atoms with Gasteiger partial charge in [-0.15, -0.1) is 0 Å². The summed E-state index contributed by atoms with van der Waals surface area (Å²) >= 11 is 5.80. The van der Waals surface area contributed by atoms with Crippen LogP contribution in [0.4, 0.5) is 5.95 Å². The number of halogens is 1. The third-order valence-electron chi connectivity index (χ3n) is 2.20. The molecule has 0 saturated heterocycles. The Kier molecular flexibility index (Phi) is 3.54. The van der Waals surface area contributed by atoms with E-state index in [1.165, 1.54) is 25.5 Å². The van der Waals surface area contributed by atoms with Crippen molar-refractivity contribution in [2.24, 2.45) is 5.84 Å². The molecular weight excluding hydrogens is 272 g/mol. The first-order valence-electron chi connectivity index (χ1n) is 5.12. The van der Waals surface area contributed by atoms with E-state index in [9.17, 15) is 9.59 Å². The van der Waals surface area contributed by atoms with Crippen LogP contribution in [-0.4, -0.2) is 25.4 Å². The summed E-state index contributed by atoms with van der Waals surface area (Å²) in [7, 11) is 0. The van der Waals surface area contributed by atoms with Crippen molar-refractivity contribution in [2.75, 3.05) is 5.01 Å². The smallest absolute Gasteiger partial charge is 0.273 e. The molecule has 0 bridgehead atoms. The van der Waals surface area contributed by atoms with Crippen LogP contribution in [0.15, 0.2) is 29.5 Å². The van der Waals surface area contributed by atoms with E-state index in [0.717, 1.165) is 4.57 Å². The molecule has 0 aliphatic heterocycles. The molecule has 2 aromatic rings. The van der Waals surface area contributed by atoms with Gasteiger partial charge >= 0.3 is 5.69 Å². The first kappa shape index (κ1) is 13.1. The Bertz CT molecular complexity index is 686. The lowest BCUT2D eigenvalue weighted by Crippen LogP contribution is -2.39. The Morgan fingerprint density at radius 2 is 2.21 bits per heavy atom. The number of hydrogen-bond acceptors (Lipinski definition) is 6. The summed E-state index contributed by atoms with van der Waals surface area (Å²) in [6.07, 6.45) is 2.62. The van der Waals surface area contributed by atoms with Gasteiger partial charge in [-0.2, -0.15) is 4.98 Å². The normalized spacial score (nSPS) is 10.3. The molecule has 19 heavy (non-hydrogen) atoms. The molecule has 0 saturated carbocycles. The van der Waals surface area contributed by atoms with Crippen LogP contribution in [-0.2, 0) is 4.79 Å². The number of carbonyl (C=O) groups is 1. The van der Waals surface area contributed by atoms with Crippen LogP contribution in [0.2, 0.25) is 5.02 Å². The molecule has 0 aliphatic rings. The van der Waals surface area contributed by atoms with Crippen molar-refractivity contribution in [3.63, 3.8) is 0 Å². The van der Waals surface area contributed by atoms with Crippen LogP contribution in [0.1, 0.15) is 6.92 Å². The van der Waals surface area contributed by atoms with Crippen molar-refractivity contribution in [3.8, 4) is 5.82 Å². The molecule has 2 heterocycles. The summed E-state index contributed by atoms with van der Waals surface area (Å²) in [5, 5.41) is 1.10. The summed E-state index contributed by atoms with van der Waals surface area (Å²) < 4.78 is 1.09. The maximum absolute atomic E-state index is 11.8. The number of rotatable bonds is 2. The van der Waals surface area contributed by atoms with Gasteiger partial charge < -0.3 is 0 Å². The zero-order valence-corrected chi connectivity index (χ0v) is 10.6. The highest BCUT2D eigenvalue weighted by atomic mass is 35.5. The van der Waals surface area contributed by atoms with E-state index in [2.05, 4.69) is 15.0 Å². The van der Waals surface area contributed by atoms with Crippen molar-refractivity contribution < 1.29 is 4.79 Å². The highest BCUT2D eigenvalue weighted by Gasteiger charge is 2.12. The summed E-state index contributed by atoms with van der Waals surface area (Å²) in [4.78, 5) is 34.2. The lowest BCUT2D eigenvalue weighted by molar-refractivity contribution is -0.116. The van der Waals surface area contributed by atoms with E-state index in [0.29, 0.717) is 10.0 Å². The molecule has 0 aromatic carbocycles. The second kappa shape index (κ2) is 5.12. The molecule has 98 valence electrons. The van der Waals surface area contributed by atoms with Crippen molar-refractivity contribution in [3.05, 3.63) is 40.2 Å². The maximum Gasteiger partial charge on any atom is 0.357 e. The lowest BCUT2D eigenvalue weighted by atomic mass is 10.4. The van der Waals surface area contributed by atoms with Gasteiger partial charge in [-0.25, -0.2) is 30.2 Å². The molecular formula is C10H9ClN6O2. The molecule has 2 N–H and O–H groups in total. The monoisotopic (exact) mass is 280 g/mol. The largest absolute Gasteiger partial charge is 0.357 e. The van der Waals surface area contributed by atoms with Crippen molar-refractivity contribution >= 4 is 23.5 Å². The van der Waals surface area contributed by atoms with Crippen LogP contribution in [0.3, 0.4) is 0 Å². The van der Waals surface area contributed by atoms with E-state index >= 15 is 0 Å². The number of carbonyl (C=O) groups excluding carboxylic acids is 1. The van der Waals surface area contributed by atoms with Crippen molar-refractivity contribution in [1.82, 2.24) is 19.5 Å².